The number of nitrogens with zero attached hydrogens (tertiary/aromatic N) is 2. The number of carbonyl (C=O) groups is 1. The van der Waals surface area contributed by atoms with E-state index in [1.807, 2.05) is 55.5 Å². The van der Waals surface area contributed by atoms with E-state index in [4.69, 9.17) is 4.98 Å². The monoisotopic (exact) mass is 321 g/mol. The van der Waals surface area contributed by atoms with Gasteiger partial charge in [0.1, 0.15) is 5.82 Å². The molecule has 0 saturated heterocycles. The van der Waals surface area contributed by atoms with Crippen LogP contribution in [0.2, 0.25) is 0 Å². The standard InChI is InChI=1S/C20H23N3O/c1-3-4-14-23-18-13-9-8-12-17(18)22-19(23)15(2)20(24)21-16-10-6-5-7-11-16/h5-13,15H,3-4,14H2,1-2H3,(H,21,24). The second kappa shape index (κ2) is 7.30. The highest BCUT2D eigenvalue weighted by Crippen LogP contribution is 2.24. The van der Waals surface area contributed by atoms with Crippen molar-refractivity contribution in [3.05, 3.63) is 60.4 Å². The summed E-state index contributed by atoms with van der Waals surface area (Å²) < 4.78 is 2.19. The average Bonchev–Trinajstić information content (AvgIpc) is 2.98. The molecule has 1 heterocycles. The molecule has 0 saturated carbocycles. The fourth-order valence-corrected chi connectivity index (χ4v) is 2.87. The third-order valence-electron chi connectivity index (χ3n) is 4.24. The highest BCUT2D eigenvalue weighted by Gasteiger charge is 2.22. The molecule has 1 N–H and O–H groups in total. The maximum atomic E-state index is 12.7. The number of anilines is 1. The first-order chi connectivity index (χ1) is 11.7. The largest absolute Gasteiger partial charge is 0.327 e. The predicted octanol–water partition coefficient (Wildman–Crippen LogP) is 4.58. The minimum absolute atomic E-state index is 0.0331. The zero-order chi connectivity index (χ0) is 16.9. The third kappa shape index (κ3) is 3.32. The van der Waals surface area contributed by atoms with Crippen molar-refractivity contribution in [3.63, 3.8) is 0 Å². The molecule has 0 aliphatic carbocycles. The zero-order valence-corrected chi connectivity index (χ0v) is 14.2. The van der Waals surface area contributed by atoms with Crippen LogP contribution in [0.25, 0.3) is 11.0 Å². The van der Waals surface area contributed by atoms with Gasteiger partial charge in [0.15, 0.2) is 0 Å². The van der Waals surface area contributed by atoms with Crippen molar-refractivity contribution in [3.8, 4) is 0 Å². The summed E-state index contributed by atoms with van der Waals surface area (Å²) in [7, 11) is 0. The maximum Gasteiger partial charge on any atom is 0.234 e. The second-order valence-corrected chi connectivity index (χ2v) is 6.04. The maximum absolute atomic E-state index is 12.7. The van der Waals surface area contributed by atoms with Gasteiger partial charge in [-0.15, -0.1) is 0 Å². The quantitative estimate of drug-likeness (QED) is 0.722. The Hall–Kier alpha value is -2.62. The molecule has 0 aliphatic rings. The first-order valence-corrected chi connectivity index (χ1v) is 8.51. The average molecular weight is 321 g/mol. The van der Waals surface area contributed by atoms with E-state index in [0.29, 0.717) is 0 Å². The lowest BCUT2D eigenvalue weighted by molar-refractivity contribution is -0.117. The van der Waals surface area contributed by atoms with Crippen molar-refractivity contribution in [2.45, 2.75) is 39.2 Å². The van der Waals surface area contributed by atoms with Crippen molar-refractivity contribution >= 4 is 22.6 Å². The Labute approximate surface area is 142 Å². The van der Waals surface area contributed by atoms with Crippen LogP contribution in [-0.4, -0.2) is 15.5 Å². The van der Waals surface area contributed by atoms with Crippen LogP contribution in [0.3, 0.4) is 0 Å². The topological polar surface area (TPSA) is 46.9 Å². The molecule has 1 atom stereocenters. The summed E-state index contributed by atoms with van der Waals surface area (Å²) in [6.45, 7) is 4.97. The van der Waals surface area contributed by atoms with Gasteiger partial charge in [0, 0.05) is 12.2 Å². The Bertz CT molecular complexity index is 823. The number of nitrogens with one attached hydrogen (secondary N) is 1. The number of fused-ring (bicyclic) bond motifs is 1. The number of benzene rings is 2. The lowest BCUT2D eigenvalue weighted by Gasteiger charge is -2.15. The van der Waals surface area contributed by atoms with E-state index in [1.54, 1.807) is 0 Å². The molecule has 0 bridgehead atoms. The molecular weight excluding hydrogens is 298 g/mol. The van der Waals surface area contributed by atoms with Gasteiger partial charge in [-0.25, -0.2) is 4.98 Å². The molecule has 1 unspecified atom stereocenters. The van der Waals surface area contributed by atoms with Crippen molar-refractivity contribution < 1.29 is 4.79 Å². The first-order valence-electron chi connectivity index (χ1n) is 8.51. The summed E-state index contributed by atoms with van der Waals surface area (Å²) >= 11 is 0. The molecule has 1 amide bonds. The number of amides is 1. The molecule has 4 heteroatoms. The van der Waals surface area contributed by atoms with E-state index in [0.717, 1.165) is 41.9 Å². The number of carbonyl (C=O) groups excluding carboxylic acids is 1. The van der Waals surface area contributed by atoms with Crippen LogP contribution < -0.4 is 5.32 Å². The van der Waals surface area contributed by atoms with Gasteiger partial charge in [-0.2, -0.15) is 0 Å². The number of para-hydroxylation sites is 3. The van der Waals surface area contributed by atoms with Crippen molar-refractivity contribution in [1.29, 1.82) is 0 Å². The number of hydrogen-bond acceptors (Lipinski definition) is 2. The Balaban J connectivity index is 1.90. The van der Waals surface area contributed by atoms with E-state index < -0.39 is 0 Å². The summed E-state index contributed by atoms with van der Waals surface area (Å²) in [5.74, 6) is 0.488. The molecule has 3 rings (SSSR count). The number of unbranched alkanes of at least 4 members (excludes halogenated alkanes) is 1. The van der Waals surface area contributed by atoms with Crippen LogP contribution in [0.1, 0.15) is 38.4 Å². The Morgan fingerprint density at radius 1 is 1.12 bits per heavy atom. The smallest absolute Gasteiger partial charge is 0.234 e. The van der Waals surface area contributed by atoms with Crippen LogP contribution in [0.5, 0.6) is 0 Å². The Kier molecular flexibility index (Phi) is 4.94. The summed E-state index contributed by atoms with van der Waals surface area (Å²) in [6, 6.07) is 17.6. The van der Waals surface area contributed by atoms with Crippen LogP contribution in [0, 0.1) is 0 Å². The number of aryl methyl sites for hydroxylation is 1. The first kappa shape index (κ1) is 16.2. The summed E-state index contributed by atoms with van der Waals surface area (Å²) in [4.78, 5) is 17.4. The third-order valence-corrected chi connectivity index (χ3v) is 4.24. The molecule has 3 aromatic rings. The molecule has 2 aromatic carbocycles. The molecule has 0 spiro atoms. The molecular formula is C20H23N3O. The second-order valence-electron chi connectivity index (χ2n) is 6.04. The minimum Gasteiger partial charge on any atom is -0.327 e. The normalized spacial score (nSPS) is 12.2. The molecule has 0 fully saturated rings. The Morgan fingerprint density at radius 3 is 2.58 bits per heavy atom. The number of hydrogen-bond donors (Lipinski definition) is 1. The van der Waals surface area contributed by atoms with Crippen molar-refractivity contribution in [2.75, 3.05) is 5.32 Å². The zero-order valence-electron chi connectivity index (χ0n) is 14.2. The van der Waals surface area contributed by atoms with Gasteiger partial charge < -0.3 is 9.88 Å². The van der Waals surface area contributed by atoms with E-state index in [2.05, 4.69) is 22.9 Å². The van der Waals surface area contributed by atoms with Crippen molar-refractivity contribution in [1.82, 2.24) is 9.55 Å². The van der Waals surface area contributed by atoms with Crippen LogP contribution >= 0.6 is 0 Å². The highest BCUT2D eigenvalue weighted by atomic mass is 16.1. The molecule has 0 aliphatic heterocycles. The van der Waals surface area contributed by atoms with Crippen molar-refractivity contribution in [2.24, 2.45) is 0 Å². The summed E-state index contributed by atoms with van der Waals surface area (Å²) in [5, 5.41) is 2.98. The molecule has 0 radical (unpaired) electrons. The van der Waals surface area contributed by atoms with Gasteiger partial charge in [0.2, 0.25) is 5.91 Å². The summed E-state index contributed by atoms with van der Waals surface area (Å²) in [5.41, 5.74) is 2.86. The fourth-order valence-electron chi connectivity index (χ4n) is 2.87. The lowest BCUT2D eigenvalue weighted by Crippen LogP contribution is -2.22. The van der Waals surface area contributed by atoms with Gasteiger partial charge >= 0.3 is 0 Å². The van der Waals surface area contributed by atoms with Crippen LogP contribution in [0.4, 0.5) is 5.69 Å². The van der Waals surface area contributed by atoms with Gasteiger partial charge in [0.05, 0.1) is 17.0 Å². The molecule has 1 aromatic heterocycles. The number of aromatic nitrogens is 2. The van der Waals surface area contributed by atoms with E-state index in [-0.39, 0.29) is 11.8 Å². The highest BCUT2D eigenvalue weighted by molar-refractivity contribution is 5.95. The Morgan fingerprint density at radius 2 is 1.83 bits per heavy atom. The lowest BCUT2D eigenvalue weighted by atomic mass is 10.1. The van der Waals surface area contributed by atoms with Gasteiger partial charge in [-0.1, -0.05) is 43.7 Å². The van der Waals surface area contributed by atoms with E-state index in [1.165, 1.54) is 0 Å². The van der Waals surface area contributed by atoms with Gasteiger partial charge in [0.25, 0.3) is 0 Å². The SMILES string of the molecule is CCCCn1c(C(C)C(=O)Nc2ccccc2)nc2ccccc21. The fraction of sp³-hybridized carbons (Fsp3) is 0.300. The number of rotatable bonds is 6. The van der Waals surface area contributed by atoms with Gasteiger partial charge in [-0.05, 0) is 37.6 Å². The number of imidazole rings is 1. The molecule has 4 nitrogen and oxygen atoms in total. The molecule has 24 heavy (non-hydrogen) atoms. The van der Waals surface area contributed by atoms with Gasteiger partial charge in [-0.3, -0.25) is 4.79 Å². The molecule has 124 valence electrons. The predicted molar refractivity (Wildman–Crippen MR) is 98.1 cm³/mol. The van der Waals surface area contributed by atoms with E-state index in [9.17, 15) is 4.79 Å². The van der Waals surface area contributed by atoms with Crippen LogP contribution in [0.15, 0.2) is 54.6 Å². The summed E-state index contributed by atoms with van der Waals surface area (Å²) in [6.07, 6.45) is 2.18. The van der Waals surface area contributed by atoms with Crippen LogP contribution in [-0.2, 0) is 11.3 Å². The minimum atomic E-state index is -0.311. The van der Waals surface area contributed by atoms with E-state index >= 15 is 0 Å².